The maximum atomic E-state index is 10.9. The normalized spacial score (nSPS) is 10.6. The van der Waals surface area contributed by atoms with Crippen LogP contribution in [0, 0.1) is 34.0 Å². The number of aromatic nitrogens is 6. The number of methoxy groups -OCH3 is 2. The molecular formula is C96H69BBr3N9O7. The van der Waals surface area contributed by atoms with Crippen LogP contribution >= 0.6 is 47.8 Å². The van der Waals surface area contributed by atoms with Gasteiger partial charge in [-0.1, -0.05) is 187 Å². The molecule has 10 N–H and O–H groups in total. The molecule has 16 nitrogen and oxygen atoms in total. The highest BCUT2D eigenvalue weighted by Crippen LogP contribution is 2.41. The highest BCUT2D eigenvalue weighted by Gasteiger charge is 2.17. The number of nitrogens with one attached hydrogen (secondary N) is 6. The van der Waals surface area contributed by atoms with Gasteiger partial charge in [-0.15, -0.1) is 0 Å². The number of nitrogens with zero attached hydrogens (tertiary/aromatic N) is 3. The van der Waals surface area contributed by atoms with E-state index in [1.54, 1.807) is 69.3 Å². The van der Waals surface area contributed by atoms with Gasteiger partial charge >= 0.3 is 7.12 Å². The molecule has 20 heteroatoms. The molecule has 6 aromatic heterocycles. The molecule has 13 aromatic carbocycles. The Labute approximate surface area is 692 Å². The number of ether oxygens (including phenoxy) is 2. The number of hydrogen-bond donors (Lipinski definition) is 10. The lowest BCUT2D eigenvalue weighted by atomic mass is 9.80. The first-order valence-electron chi connectivity index (χ1n) is 36.4. The van der Waals surface area contributed by atoms with Gasteiger partial charge in [-0.3, -0.25) is 4.79 Å². The van der Waals surface area contributed by atoms with Crippen molar-refractivity contribution in [3.05, 3.63) is 352 Å². The molecule has 6 heterocycles. The van der Waals surface area contributed by atoms with Gasteiger partial charge in [0.2, 0.25) is 0 Å². The van der Waals surface area contributed by atoms with E-state index >= 15 is 0 Å². The standard InChI is InChI=1S/C23H18N2O2.C21H14N2O2.C15H9BrN2.C15H10BrNO.C14H10BrN.C8H8BNO2/c1-26-21-4-3-5-22(27-2)23(21)16-8-6-15(7-9-16)17-10-11-20-19(12-17)18(13-24)14-25-20;22-11-16-12-23-18-9-8-15(10-17(16)18)13-4-6-14(7-5-13)21-19(24)2-1-3-20(21)25;16-13-4-1-10(2-5-13)11-3-6-15-14(7-11)12(8-17)9-18-15;16-13-4-1-10(2-5-13)11-3-6-15-14(7-11)12(9-18)8-17-15;15-13-4-1-10(2-5-13)11-3-6-14-12(9-11)7-8-16-14;11-9(12)7-1-2-8-6(5-7)3-4-10-8/h3-12,14,25H,1-2H3;1-10,12,23-25H;1-7,9,18H;1-9,17H;1-9,16H;1-5,10-12H. The number of phenols is 2. The second-order valence-electron chi connectivity index (χ2n) is 26.7. The van der Waals surface area contributed by atoms with Gasteiger partial charge in [0.05, 0.1) is 42.0 Å². The number of nitriles is 3. The molecule has 0 saturated carbocycles. The molecular weight excluding hydrogens is 1640 g/mol. The summed E-state index contributed by atoms with van der Waals surface area (Å²) in [5, 5.41) is 71.2. The number of H-pyrrole nitrogens is 6. The monoisotopic (exact) mass is 1710 g/mol. The first-order valence-corrected chi connectivity index (χ1v) is 38.8. The topological polar surface area (TPSA) is 283 Å². The fourth-order valence-electron chi connectivity index (χ4n) is 13.6. The molecule has 0 aliphatic heterocycles. The Morgan fingerprint density at radius 3 is 1.03 bits per heavy atom. The van der Waals surface area contributed by atoms with Crippen molar-refractivity contribution in [2.24, 2.45) is 0 Å². The van der Waals surface area contributed by atoms with Crippen LogP contribution in [0.4, 0.5) is 0 Å². The third-order valence-corrected chi connectivity index (χ3v) is 21.3. The van der Waals surface area contributed by atoms with E-state index in [1.165, 1.54) is 22.0 Å². The quantitative estimate of drug-likeness (QED) is 0.0432. The molecule has 0 fully saturated rings. The third-order valence-electron chi connectivity index (χ3n) is 19.7. The Kier molecular flexibility index (Phi) is 24.5. The molecule has 564 valence electrons. The van der Waals surface area contributed by atoms with E-state index < -0.39 is 7.12 Å². The smallest absolute Gasteiger partial charge is 0.488 e. The predicted molar refractivity (Wildman–Crippen MR) is 477 cm³/mol. The maximum Gasteiger partial charge on any atom is 0.488 e. The summed E-state index contributed by atoms with van der Waals surface area (Å²) in [4.78, 5) is 29.6. The maximum absolute atomic E-state index is 10.9. The summed E-state index contributed by atoms with van der Waals surface area (Å²) in [6, 6.07) is 97.5. The minimum Gasteiger partial charge on any atom is -0.507 e. The average Bonchev–Trinajstić information content (AvgIpc) is 1.78. The first kappa shape index (κ1) is 78.5. The summed E-state index contributed by atoms with van der Waals surface area (Å²) < 4.78 is 14.2. The van der Waals surface area contributed by atoms with Crippen LogP contribution in [0.2, 0.25) is 0 Å². The van der Waals surface area contributed by atoms with E-state index in [2.05, 4.69) is 211 Å². The van der Waals surface area contributed by atoms with Crippen LogP contribution in [-0.4, -0.2) is 77.8 Å². The minimum absolute atomic E-state index is 0.0418. The Balaban J connectivity index is 0.000000117. The summed E-state index contributed by atoms with van der Waals surface area (Å²) in [6.45, 7) is 0. The van der Waals surface area contributed by atoms with Gasteiger partial charge in [0.25, 0.3) is 0 Å². The Hall–Kier alpha value is -14.1. The number of phenolic OH excluding ortho intramolecular Hbond substituents is 2. The van der Waals surface area contributed by atoms with Crippen LogP contribution in [-0.2, 0) is 0 Å². The van der Waals surface area contributed by atoms with E-state index in [0.29, 0.717) is 33.3 Å². The molecule has 0 amide bonds. The van der Waals surface area contributed by atoms with Crippen molar-refractivity contribution in [2.75, 3.05) is 14.2 Å². The highest BCUT2D eigenvalue weighted by atomic mass is 79.9. The van der Waals surface area contributed by atoms with E-state index in [9.17, 15) is 25.5 Å². The van der Waals surface area contributed by atoms with Gasteiger partial charge in [-0.2, -0.15) is 15.8 Å². The van der Waals surface area contributed by atoms with Crippen molar-refractivity contribution in [3.8, 4) is 119 Å². The number of rotatable bonds is 11. The molecule has 0 radical (unpaired) electrons. The van der Waals surface area contributed by atoms with Gasteiger partial charge in [0.15, 0.2) is 6.29 Å². The highest BCUT2D eigenvalue weighted by molar-refractivity contribution is 9.11. The Morgan fingerprint density at radius 1 is 0.336 bits per heavy atom. The molecule has 19 rings (SSSR count). The number of aromatic amines is 6. The summed E-state index contributed by atoms with van der Waals surface area (Å²) in [7, 11) is 1.93. The molecule has 0 spiro atoms. The first-order chi connectivity index (χ1) is 56.6. The van der Waals surface area contributed by atoms with Crippen LogP contribution in [0.1, 0.15) is 27.0 Å². The zero-order valence-electron chi connectivity index (χ0n) is 62.2. The second-order valence-corrected chi connectivity index (χ2v) is 29.5. The lowest BCUT2D eigenvalue weighted by Crippen LogP contribution is -2.29. The van der Waals surface area contributed by atoms with Crippen LogP contribution in [0.15, 0.2) is 330 Å². The predicted octanol–water partition coefficient (Wildman–Crippen LogP) is 23.5. The Bertz CT molecular complexity index is 6800. The number of carbonyl (C=O) groups is 1. The number of hydrogen-bond acceptors (Lipinski definition) is 10. The van der Waals surface area contributed by atoms with Gasteiger partial charge in [-0.25, -0.2) is 0 Å². The van der Waals surface area contributed by atoms with Crippen molar-refractivity contribution in [3.63, 3.8) is 0 Å². The summed E-state index contributed by atoms with van der Waals surface area (Å²) in [6.07, 6.45) is 11.6. The molecule has 0 bridgehead atoms. The SMILES string of the molecule is Brc1ccc(-c2ccc3[nH]ccc3c2)cc1.COc1cccc(OC)c1-c1ccc(-c2ccc3[nH]cc(C#N)c3c2)cc1.N#Cc1c[nH]c2ccc(-c3ccc(-c4c(O)cccc4O)cc3)cc12.N#Cc1c[nH]c2ccc(-c3ccc(Br)cc3)cc12.O=Cc1c[nH]c2ccc(-c3ccc(Br)cc3)cc12.OB(O)c1ccc2[nH]ccc2c1. The van der Waals surface area contributed by atoms with Gasteiger partial charge in [0, 0.05) is 111 Å². The second kappa shape index (κ2) is 36.1. The van der Waals surface area contributed by atoms with Crippen LogP contribution in [0.3, 0.4) is 0 Å². The van der Waals surface area contributed by atoms with Crippen LogP contribution in [0.5, 0.6) is 23.0 Å². The molecule has 116 heavy (non-hydrogen) atoms. The van der Waals surface area contributed by atoms with Crippen molar-refractivity contribution in [2.45, 2.75) is 0 Å². The van der Waals surface area contributed by atoms with Gasteiger partial charge in [-0.05, 0) is 223 Å². The van der Waals surface area contributed by atoms with Crippen molar-refractivity contribution in [1.29, 1.82) is 15.8 Å². The van der Waals surface area contributed by atoms with Gasteiger partial charge < -0.3 is 59.6 Å². The fourth-order valence-corrected chi connectivity index (χ4v) is 14.4. The fraction of sp³-hybridized carbons (Fsp3) is 0.0208. The number of aromatic hydroxyl groups is 2. The summed E-state index contributed by atoms with van der Waals surface area (Å²) in [5.74, 6) is 1.63. The van der Waals surface area contributed by atoms with E-state index in [4.69, 9.17) is 24.8 Å². The van der Waals surface area contributed by atoms with Crippen molar-refractivity contribution >= 4 is 132 Å². The molecule has 0 unspecified atom stereocenters. The van der Waals surface area contributed by atoms with E-state index in [0.717, 1.165) is 147 Å². The van der Waals surface area contributed by atoms with Crippen LogP contribution < -0.4 is 14.9 Å². The molecule has 0 saturated heterocycles. The number of benzene rings is 13. The number of carbonyl (C=O) groups excluding carboxylic acids is 1. The number of fused-ring (bicyclic) bond motifs is 6. The third kappa shape index (κ3) is 17.8. The zero-order chi connectivity index (χ0) is 80.8. The largest absolute Gasteiger partial charge is 0.507 e. The average molecular weight is 1710 g/mol. The number of halogens is 3. The molecule has 0 atom stereocenters. The van der Waals surface area contributed by atoms with Crippen molar-refractivity contribution in [1.82, 2.24) is 29.9 Å². The minimum atomic E-state index is -1.38. The molecule has 0 aliphatic carbocycles. The van der Waals surface area contributed by atoms with Gasteiger partial charge in [0.1, 0.15) is 41.2 Å². The Morgan fingerprint density at radius 2 is 0.647 bits per heavy atom. The summed E-state index contributed by atoms with van der Waals surface area (Å²) in [5.41, 5.74) is 23.5. The van der Waals surface area contributed by atoms with Crippen molar-refractivity contribution < 1.29 is 34.5 Å². The van der Waals surface area contributed by atoms with E-state index in [1.807, 2.05) is 146 Å². The summed E-state index contributed by atoms with van der Waals surface area (Å²) >= 11 is 10.3. The lowest BCUT2D eigenvalue weighted by molar-refractivity contribution is 0.112. The number of aldehydes is 1. The van der Waals surface area contributed by atoms with Crippen LogP contribution in [0.25, 0.3) is 143 Å². The zero-order valence-corrected chi connectivity index (χ0v) is 66.9. The van der Waals surface area contributed by atoms with E-state index in [-0.39, 0.29) is 11.5 Å². The lowest BCUT2D eigenvalue weighted by Gasteiger charge is -2.13. The molecule has 0 aliphatic rings. The molecule has 19 aromatic rings.